The lowest BCUT2D eigenvalue weighted by Crippen LogP contribution is -2.39. The molecule has 0 spiro atoms. The van der Waals surface area contributed by atoms with Crippen molar-refractivity contribution < 1.29 is 4.79 Å². The van der Waals surface area contributed by atoms with E-state index in [0.29, 0.717) is 13.1 Å². The number of hydrogen-bond donors (Lipinski definition) is 4. The summed E-state index contributed by atoms with van der Waals surface area (Å²) < 4.78 is 0. The van der Waals surface area contributed by atoms with Crippen LogP contribution >= 0.6 is 11.6 Å². The first-order valence-corrected chi connectivity index (χ1v) is 9.17. The molecule has 136 valence electrons. The molecule has 0 amide bonds. The van der Waals surface area contributed by atoms with Crippen LogP contribution in [0.2, 0.25) is 0 Å². The summed E-state index contributed by atoms with van der Waals surface area (Å²) in [5.74, 6) is -0.338. The summed E-state index contributed by atoms with van der Waals surface area (Å²) in [5, 5.41) is 6.52. The average Bonchev–Trinajstić information content (AvgIpc) is 2.58. The third kappa shape index (κ3) is 8.22. The Morgan fingerprint density at radius 2 is 1.62 bits per heavy atom. The van der Waals surface area contributed by atoms with Gasteiger partial charge in [-0.2, -0.15) is 0 Å². The lowest BCUT2D eigenvalue weighted by Gasteiger charge is -2.26. The molecule has 1 aromatic carbocycles. The molecule has 5 nitrogen and oxygen atoms in total. The summed E-state index contributed by atoms with van der Waals surface area (Å²) >= 11 is 5.93. The van der Waals surface area contributed by atoms with Gasteiger partial charge < -0.3 is 22.1 Å². The highest BCUT2D eigenvalue weighted by atomic mass is 35.5. The van der Waals surface area contributed by atoms with E-state index >= 15 is 0 Å². The fourth-order valence-electron chi connectivity index (χ4n) is 2.76. The number of benzene rings is 1. The van der Waals surface area contributed by atoms with Gasteiger partial charge >= 0.3 is 0 Å². The Hall–Kier alpha value is -0.980. The number of carbonyl (C=O) groups excluding carboxylic acids is 1. The summed E-state index contributed by atoms with van der Waals surface area (Å²) in [6, 6.07) is 9.75. The average molecular weight is 355 g/mol. The summed E-state index contributed by atoms with van der Waals surface area (Å²) in [6.45, 7) is 3.96. The van der Waals surface area contributed by atoms with E-state index in [1.807, 2.05) is 30.3 Å². The van der Waals surface area contributed by atoms with Gasteiger partial charge in [-0.3, -0.25) is 4.79 Å². The molecule has 6 heteroatoms. The van der Waals surface area contributed by atoms with E-state index in [2.05, 4.69) is 10.6 Å². The van der Waals surface area contributed by atoms with Crippen LogP contribution in [0.3, 0.4) is 0 Å². The van der Waals surface area contributed by atoms with Crippen molar-refractivity contribution in [2.24, 2.45) is 11.5 Å². The van der Waals surface area contributed by atoms with Crippen molar-refractivity contribution in [3.63, 3.8) is 0 Å². The molecule has 0 aliphatic heterocycles. The Labute approximate surface area is 150 Å². The zero-order valence-corrected chi connectivity index (χ0v) is 15.1. The predicted molar refractivity (Wildman–Crippen MR) is 101 cm³/mol. The van der Waals surface area contributed by atoms with Gasteiger partial charge in [-0.1, -0.05) is 30.3 Å². The molecule has 2 atom stereocenters. The van der Waals surface area contributed by atoms with E-state index in [9.17, 15) is 4.79 Å². The van der Waals surface area contributed by atoms with E-state index < -0.39 is 0 Å². The minimum atomic E-state index is -0.338. The summed E-state index contributed by atoms with van der Waals surface area (Å²) in [7, 11) is 0. The van der Waals surface area contributed by atoms with Gasteiger partial charge in [0, 0.05) is 6.04 Å². The minimum absolute atomic E-state index is 0.0141. The lowest BCUT2D eigenvalue weighted by atomic mass is 9.89. The maximum atomic E-state index is 12.1. The van der Waals surface area contributed by atoms with Crippen LogP contribution in [0.5, 0.6) is 0 Å². The first-order valence-electron chi connectivity index (χ1n) is 8.79. The highest BCUT2D eigenvalue weighted by Crippen LogP contribution is 2.25. The molecule has 0 saturated heterocycles. The minimum Gasteiger partial charge on any atom is -0.330 e. The standard InChI is InChI=1S/C18H31ClN4O/c19-18(24)17(15-7-2-1-3-8-15)16(23-14-6-11-21)9-4-12-22-13-5-10-20/h1-3,7-8,16-17,22-23H,4-6,9-14,20-21H2. The summed E-state index contributed by atoms with van der Waals surface area (Å²) in [5.41, 5.74) is 12.0. The molecule has 1 aromatic rings. The van der Waals surface area contributed by atoms with E-state index in [1.54, 1.807) is 0 Å². The topological polar surface area (TPSA) is 93.2 Å². The molecule has 0 aliphatic rings. The number of rotatable bonds is 14. The molecule has 0 saturated carbocycles. The van der Waals surface area contributed by atoms with Crippen LogP contribution in [-0.2, 0) is 4.79 Å². The zero-order valence-electron chi connectivity index (χ0n) is 14.3. The molecular formula is C18H31ClN4O. The number of halogens is 1. The van der Waals surface area contributed by atoms with Gasteiger partial charge in [0.2, 0.25) is 5.24 Å². The molecule has 0 heterocycles. The summed E-state index contributed by atoms with van der Waals surface area (Å²) in [4.78, 5) is 12.1. The SMILES string of the molecule is NCCCNCCCC(NCCCN)C(C(=O)Cl)c1ccccc1. The van der Waals surface area contributed by atoms with Crippen LogP contribution in [0.15, 0.2) is 30.3 Å². The van der Waals surface area contributed by atoms with E-state index in [4.69, 9.17) is 23.1 Å². The molecule has 0 aliphatic carbocycles. The van der Waals surface area contributed by atoms with Crippen LogP contribution in [-0.4, -0.2) is 44.0 Å². The lowest BCUT2D eigenvalue weighted by molar-refractivity contribution is -0.113. The molecule has 0 radical (unpaired) electrons. The van der Waals surface area contributed by atoms with Crippen LogP contribution in [0, 0.1) is 0 Å². The van der Waals surface area contributed by atoms with Crippen molar-refractivity contribution in [1.29, 1.82) is 0 Å². The highest BCUT2D eigenvalue weighted by Gasteiger charge is 2.27. The van der Waals surface area contributed by atoms with E-state index in [1.165, 1.54) is 0 Å². The van der Waals surface area contributed by atoms with E-state index in [-0.39, 0.29) is 17.2 Å². The fourth-order valence-corrected chi connectivity index (χ4v) is 3.04. The zero-order chi connectivity index (χ0) is 17.6. The van der Waals surface area contributed by atoms with Crippen molar-refractivity contribution in [3.05, 3.63) is 35.9 Å². The van der Waals surface area contributed by atoms with Gasteiger partial charge in [0.05, 0.1) is 5.92 Å². The number of hydrogen-bond acceptors (Lipinski definition) is 5. The predicted octanol–water partition coefficient (Wildman–Crippen LogP) is 1.56. The Morgan fingerprint density at radius 3 is 2.25 bits per heavy atom. The molecule has 1 rings (SSSR count). The summed E-state index contributed by atoms with van der Waals surface area (Å²) in [6.07, 6.45) is 3.70. The second-order valence-corrected chi connectivity index (χ2v) is 6.30. The molecular weight excluding hydrogens is 324 g/mol. The largest absolute Gasteiger partial charge is 0.330 e. The normalized spacial score (nSPS) is 13.6. The van der Waals surface area contributed by atoms with Crippen LogP contribution in [0.4, 0.5) is 0 Å². The molecule has 0 bridgehead atoms. The van der Waals surface area contributed by atoms with Gasteiger partial charge in [0.15, 0.2) is 0 Å². The van der Waals surface area contributed by atoms with Crippen LogP contribution in [0.1, 0.15) is 37.2 Å². The molecule has 0 aromatic heterocycles. The van der Waals surface area contributed by atoms with Gasteiger partial charge in [0.1, 0.15) is 0 Å². The van der Waals surface area contributed by atoms with Gasteiger partial charge in [0.25, 0.3) is 0 Å². The maximum absolute atomic E-state index is 12.1. The van der Waals surface area contributed by atoms with Crippen molar-refractivity contribution in [2.45, 2.75) is 37.6 Å². The molecule has 24 heavy (non-hydrogen) atoms. The van der Waals surface area contributed by atoms with Gasteiger partial charge in [-0.05, 0) is 75.6 Å². The third-order valence-corrected chi connectivity index (χ3v) is 4.25. The quantitative estimate of drug-likeness (QED) is 0.300. The van der Waals surface area contributed by atoms with Crippen molar-refractivity contribution >= 4 is 16.8 Å². The van der Waals surface area contributed by atoms with Crippen LogP contribution in [0.25, 0.3) is 0 Å². The molecule has 6 N–H and O–H groups in total. The van der Waals surface area contributed by atoms with Gasteiger partial charge in [-0.15, -0.1) is 0 Å². The Kier molecular flexibility index (Phi) is 11.7. The smallest absolute Gasteiger partial charge is 0.230 e. The Bertz CT molecular complexity index is 444. The van der Waals surface area contributed by atoms with Crippen molar-refractivity contribution in [1.82, 2.24) is 10.6 Å². The monoisotopic (exact) mass is 354 g/mol. The second-order valence-electron chi connectivity index (χ2n) is 5.93. The molecule has 0 fully saturated rings. The molecule has 2 unspecified atom stereocenters. The Balaban J connectivity index is 2.65. The Morgan fingerprint density at radius 1 is 1.00 bits per heavy atom. The number of nitrogens with two attached hydrogens (primary N) is 2. The third-order valence-electron chi connectivity index (χ3n) is 4.02. The van der Waals surface area contributed by atoms with Crippen molar-refractivity contribution in [2.75, 3.05) is 32.7 Å². The fraction of sp³-hybridized carbons (Fsp3) is 0.611. The number of nitrogens with one attached hydrogen (secondary N) is 2. The second kappa shape index (κ2) is 13.3. The highest BCUT2D eigenvalue weighted by molar-refractivity contribution is 6.64. The van der Waals surface area contributed by atoms with Gasteiger partial charge in [-0.25, -0.2) is 0 Å². The number of carbonyl (C=O) groups is 1. The maximum Gasteiger partial charge on any atom is 0.230 e. The first-order chi connectivity index (χ1) is 11.7. The van der Waals surface area contributed by atoms with E-state index in [0.717, 1.165) is 50.9 Å². The van der Waals surface area contributed by atoms with Crippen LogP contribution < -0.4 is 22.1 Å². The first kappa shape index (κ1) is 21.1. The van der Waals surface area contributed by atoms with Crippen molar-refractivity contribution in [3.8, 4) is 0 Å².